The Morgan fingerprint density at radius 3 is 2.52 bits per heavy atom. The summed E-state index contributed by atoms with van der Waals surface area (Å²) in [6.07, 6.45) is -2.98. The summed E-state index contributed by atoms with van der Waals surface area (Å²) in [5.41, 5.74) is -1.70. The van der Waals surface area contributed by atoms with Crippen molar-refractivity contribution in [1.29, 1.82) is 0 Å². The molecule has 4 nitrogen and oxygen atoms in total. The summed E-state index contributed by atoms with van der Waals surface area (Å²) in [4.78, 5) is 4.24. The van der Waals surface area contributed by atoms with Crippen molar-refractivity contribution in [3.63, 3.8) is 0 Å². The molecule has 0 N–H and O–H groups in total. The summed E-state index contributed by atoms with van der Waals surface area (Å²) in [5, 5.41) is 3.05. The average Bonchev–Trinajstić information content (AvgIpc) is 3.16. The normalized spacial score (nSPS) is 15.3. The van der Waals surface area contributed by atoms with Crippen LogP contribution in [0.25, 0.3) is 22.4 Å². The first-order valence-corrected chi connectivity index (χ1v) is 8.02. The van der Waals surface area contributed by atoms with Gasteiger partial charge in [-0.05, 0) is 18.9 Å². The van der Waals surface area contributed by atoms with Gasteiger partial charge < -0.3 is 4.42 Å². The summed E-state index contributed by atoms with van der Waals surface area (Å²) in [6, 6.07) is 0.969. The quantitative estimate of drug-likeness (QED) is 0.534. The largest absolute Gasteiger partial charge is 0.440 e. The van der Waals surface area contributed by atoms with Gasteiger partial charge in [-0.1, -0.05) is 23.2 Å². The molecule has 0 aliphatic heterocycles. The van der Waals surface area contributed by atoms with Crippen molar-refractivity contribution in [1.82, 2.24) is 14.8 Å². The highest BCUT2D eigenvalue weighted by Crippen LogP contribution is 2.46. The lowest BCUT2D eigenvalue weighted by Gasteiger charge is -2.06. The number of hydrogen-bond donors (Lipinski definition) is 0. The zero-order chi connectivity index (χ0) is 18.1. The van der Waals surface area contributed by atoms with E-state index < -0.39 is 22.7 Å². The van der Waals surface area contributed by atoms with Gasteiger partial charge in [0.1, 0.15) is 17.0 Å². The number of aromatic nitrogens is 3. The van der Waals surface area contributed by atoms with Crippen molar-refractivity contribution in [2.75, 3.05) is 0 Å². The molecule has 3 aromatic rings. The first-order chi connectivity index (χ1) is 11.7. The minimum absolute atomic E-state index is 0.00926. The van der Waals surface area contributed by atoms with Gasteiger partial charge in [-0.2, -0.15) is 18.3 Å². The van der Waals surface area contributed by atoms with Gasteiger partial charge in [0.25, 0.3) is 0 Å². The van der Waals surface area contributed by atoms with Gasteiger partial charge in [-0.15, -0.1) is 0 Å². The molecule has 0 unspecified atom stereocenters. The highest BCUT2D eigenvalue weighted by atomic mass is 35.5. The Labute approximate surface area is 148 Å². The monoisotopic (exact) mass is 393 g/mol. The number of benzene rings is 1. The number of nitrogens with zero attached hydrogens (tertiary/aromatic N) is 3. The zero-order valence-electron chi connectivity index (χ0n) is 12.6. The molecule has 1 aromatic carbocycles. The van der Waals surface area contributed by atoms with Crippen LogP contribution in [-0.2, 0) is 13.2 Å². The number of alkyl halides is 3. The van der Waals surface area contributed by atoms with E-state index in [0.717, 1.165) is 26.0 Å². The van der Waals surface area contributed by atoms with Crippen LogP contribution < -0.4 is 0 Å². The lowest BCUT2D eigenvalue weighted by molar-refractivity contribution is -0.143. The molecule has 0 amide bonds. The molecule has 132 valence electrons. The third kappa shape index (κ3) is 2.58. The van der Waals surface area contributed by atoms with Gasteiger partial charge in [0.15, 0.2) is 17.2 Å². The van der Waals surface area contributed by atoms with E-state index in [4.69, 9.17) is 27.6 Å². The van der Waals surface area contributed by atoms with Crippen LogP contribution >= 0.6 is 23.2 Å². The van der Waals surface area contributed by atoms with Crippen molar-refractivity contribution in [3.05, 3.63) is 33.5 Å². The fourth-order valence-electron chi connectivity index (χ4n) is 2.72. The van der Waals surface area contributed by atoms with E-state index in [-0.39, 0.29) is 33.3 Å². The first-order valence-electron chi connectivity index (χ1n) is 7.27. The van der Waals surface area contributed by atoms with E-state index in [1.54, 1.807) is 0 Å². The van der Waals surface area contributed by atoms with Gasteiger partial charge in [-0.25, -0.2) is 9.37 Å². The Bertz CT molecular complexity index is 1000. The Morgan fingerprint density at radius 1 is 1.28 bits per heavy atom. The van der Waals surface area contributed by atoms with Crippen LogP contribution in [0.15, 0.2) is 10.5 Å². The predicted octanol–water partition coefficient (Wildman–Crippen LogP) is 5.57. The van der Waals surface area contributed by atoms with Crippen LogP contribution in [0.2, 0.25) is 10.0 Å². The van der Waals surface area contributed by atoms with Crippen LogP contribution in [0.4, 0.5) is 17.6 Å². The van der Waals surface area contributed by atoms with Crippen molar-refractivity contribution >= 4 is 34.3 Å². The molecule has 1 saturated carbocycles. The molecule has 0 radical (unpaired) electrons. The minimum atomic E-state index is -4.74. The van der Waals surface area contributed by atoms with Crippen LogP contribution in [0, 0.1) is 5.82 Å². The lowest BCUT2D eigenvalue weighted by atomic mass is 10.1. The Kier molecular flexibility index (Phi) is 3.56. The molecule has 10 heteroatoms. The molecule has 1 fully saturated rings. The second-order valence-corrected chi connectivity index (χ2v) is 6.64. The van der Waals surface area contributed by atoms with E-state index >= 15 is 0 Å². The predicted molar refractivity (Wildman–Crippen MR) is 83.2 cm³/mol. The molecular weight excluding hydrogens is 385 g/mol. The van der Waals surface area contributed by atoms with Crippen LogP contribution in [-0.4, -0.2) is 14.8 Å². The Hall–Kier alpha value is -1.80. The number of oxazole rings is 1. The molecule has 1 aliphatic rings. The molecule has 4 rings (SSSR count). The van der Waals surface area contributed by atoms with Crippen LogP contribution in [0.5, 0.6) is 0 Å². The average molecular weight is 394 g/mol. The fraction of sp³-hybridized carbons (Fsp3) is 0.333. The van der Waals surface area contributed by atoms with E-state index in [1.807, 2.05) is 0 Å². The van der Waals surface area contributed by atoms with Gasteiger partial charge in [0.2, 0.25) is 0 Å². The number of aryl methyl sites for hydroxylation is 1. The molecule has 2 heterocycles. The van der Waals surface area contributed by atoms with Crippen molar-refractivity contribution in [3.8, 4) is 11.3 Å². The number of fused-ring (bicyclic) bond motifs is 1. The van der Waals surface area contributed by atoms with Gasteiger partial charge >= 0.3 is 6.18 Å². The van der Waals surface area contributed by atoms with Gasteiger partial charge in [0.05, 0.1) is 15.6 Å². The topological polar surface area (TPSA) is 43.9 Å². The molecule has 0 spiro atoms. The lowest BCUT2D eigenvalue weighted by Crippen LogP contribution is -2.12. The van der Waals surface area contributed by atoms with Crippen molar-refractivity contribution in [2.24, 2.45) is 7.05 Å². The number of halogens is 6. The number of hydrogen-bond acceptors (Lipinski definition) is 3. The summed E-state index contributed by atoms with van der Waals surface area (Å²) >= 11 is 11.9. The minimum Gasteiger partial charge on any atom is -0.440 e. The highest BCUT2D eigenvalue weighted by molar-refractivity contribution is 6.36. The Balaban J connectivity index is 2.01. The third-order valence-electron chi connectivity index (χ3n) is 4.01. The Morgan fingerprint density at radius 2 is 1.96 bits per heavy atom. The number of rotatable bonds is 2. The van der Waals surface area contributed by atoms with Crippen LogP contribution in [0.1, 0.15) is 30.3 Å². The SMILES string of the molecule is Cn1nc(-c2c(F)cc(Cl)c3nc(C4CC4)oc23)c(Cl)c1C(F)(F)F. The molecule has 2 aromatic heterocycles. The molecule has 0 saturated heterocycles. The van der Waals surface area contributed by atoms with E-state index in [9.17, 15) is 17.6 Å². The third-order valence-corrected chi connectivity index (χ3v) is 4.66. The van der Waals surface area contributed by atoms with E-state index in [2.05, 4.69) is 10.1 Å². The first kappa shape index (κ1) is 16.7. The maximum Gasteiger partial charge on any atom is 0.434 e. The maximum absolute atomic E-state index is 14.5. The molecule has 0 atom stereocenters. The fourth-order valence-corrected chi connectivity index (χ4v) is 3.31. The molecule has 0 bridgehead atoms. The second kappa shape index (κ2) is 5.35. The van der Waals surface area contributed by atoms with E-state index in [0.29, 0.717) is 10.6 Å². The summed E-state index contributed by atoms with van der Waals surface area (Å²) < 4.78 is 60.1. The zero-order valence-corrected chi connectivity index (χ0v) is 14.1. The summed E-state index contributed by atoms with van der Waals surface area (Å²) in [7, 11) is 1.08. The standard InChI is InChI=1S/C15H9Cl2F4N3O/c1-24-13(15(19,20)21)9(17)11(23-24)8-7(18)4-6(16)10-12(8)25-14(22-10)5-2-3-5/h4-5H,2-3H2,1H3. The summed E-state index contributed by atoms with van der Waals surface area (Å²) in [5.74, 6) is -0.388. The van der Waals surface area contributed by atoms with Crippen LogP contribution in [0.3, 0.4) is 0 Å². The highest BCUT2D eigenvalue weighted by Gasteiger charge is 2.40. The van der Waals surface area contributed by atoms with E-state index in [1.165, 1.54) is 0 Å². The maximum atomic E-state index is 14.5. The molecule has 1 aliphatic carbocycles. The molecular formula is C15H9Cl2F4N3O. The van der Waals surface area contributed by atoms with Gasteiger partial charge in [-0.3, -0.25) is 4.68 Å². The molecule has 25 heavy (non-hydrogen) atoms. The second-order valence-electron chi connectivity index (χ2n) is 5.85. The van der Waals surface area contributed by atoms with Gasteiger partial charge in [0, 0.05) is 13.0 Å². The summed E-state index contributed by atoms with van der Waals surface area (Å²) in [6.45, 7) is 0. The van der Waals surface area contributed by atoms with Crippen molar-refractivity contribution in [2.45, 2.75) is 24.9 Å². The van der Waals surface area contributed by atoms with Crippen molar-refractivity contribution < 1.29 is 22.0 Å². The smallest absolute Gasteiger partial charge is 0.434 e.